The summed E-state index contributed by atoms with van der Waals surface area (Å²) >= 11 is 3.24. The Morgan fingerprint density at radius 1 is 1.33 bits per heavy atom. The van der Waals surface area contributed by atoms with Crippen LogP contribution < -0.4 is 0 Å². The van der Waals surface area contributed by atoms with Gasteiger partial charge in [0.25, 0.3) is 0 Å². The molecule has 0 aliphatic heterocycles. The molecule has 0 saturated carbocycles. The number of hydrogen-bond donors (Lipinski definition) is 1. The van der Waals surface area contributed by atoms with Crippen LogP contribution in [0.4, 0.5) is 0 Å². The van der Waals surface area contributed by atoms with E-state index in [1.165, 1.54) is 16.4 Å². The SMILES string of the molecule is CCCCN(CC)S(=O)(=O)c1cc(Br)c(C)c(C(=O)O)c1. The summed E-state index contributed by atoms with van der Waals surface area (Å²) in [5.74, 6) is -1.14. The fourth-order valence-corrected chi connectivity index (χ4v) is 4.11. The van der Waals surface area contributed by atoms with E-state index < -0.39 is 16.0 Å². The normalized spacial score (nSPS) is 11.9. The summed E-state index contributed by atoms with van der Waals surface area (Å²) < 4.78 is 27.1. The van der Waals surface area contributed by atoms with E-state index in [1.54, 1.807) is 13.8 Å². The van der Waals surface area contributed by atoms with E-state index >= 15 is 0 Å². The lowest BCUT2D eigenvalue weighted by Crippen LogP contribution is -2.32. The summed E-state index contributed by atoms with van der Waals surface area (Å²) in [6.07, 6.45) is 1.66. The predicted octanol–water partition coefficient (Wildman–Crippen LogP) is 3.27. The van der Waals surface area contributed by atoms with Gasteiger partial charge in [0.1, 0.15) is 0 Å². The highest BCUT2D eigenvalue weighted by molar-refractivity contribution is 9.10. The van der Waals surface area contributed by atoms with E-state index in [9.17, 15) is 18.3 Å². The molecule has 1 N–H and O–H groups in total. The van der Waals surface area contributed by atoms with Crippen LogP contribution in [-0.4, -0.2) is 36.9 Å². The third-order valence-corrected chi connectivity index (χ3v) is 6.08. The Labute approximate surface area is 134 Å². The van der Waals surface area contributed by atoms with Crippen LogP contribution in [0.25, 0.3) is 0 Å². The maximum Gasteiger partial charge on any atom is 0.336 e. The molecule has 0 aromatic heterocycles. The molecule has 0 unspecified atom stereocenters. The Kier molecular flexibility index (Phi) is 6.37. The van der Waals surface area contributed by atoms with Gasteiger partial charge in [0, 0.05) is 17.6 Å². The zero-order valence-corrected chi connectivity index (χ0v) is 14.8. The monoisotopic (exact) mass is 377 g/mol. The van der Waals surface area contributed by atoms with Crippen molar-refractivity contribution in [1.29, 1.82) is 0 Å². The minimum Gasteiger partial charge on any atom is -0.478 e. The first-order valence-electron chi connectivity index (χ1n) is 6.79. The van der Waals surface area contributed by atoms with Crippen molar-refractivity contribution in [2.75, 3.05) is 13.1 Å². The Balaban J connectivity index is 3.34. The molecule has 1 rings (SSSR count). The minimum atomic E-state index is -3.68. The topological polar surface area (TPSA) is 74.7 Å². The standard InChI is InChI=1S/C14H20BrNO4S/c1-4-6-7-16(5-2)21(19,20)11-8-12(14(17)18)10(3)13(15)9-11/h8-9H,4-7H2,1-3H3,(H,17,18). The van der Waals surface area contributed by atoms with Gasteiger partial charge >= 0.3 is 5.97 Å². The van der Waals surface area contributed by atoms with Crippen LogP contribution in [-0.2, 0) is 10.0 Å². The van der Waals surface area contributed by atoms with Gasteiger partial charge in [0.05, 0.1) is 10.5 Å². The number of carbonyl (C=O) groups is 1. The fourth-order valence-electron chi connectivity index (χ4n) is 1.96. The molecule has 0 heterocycles. The zero-order chi connectivity index (χ0) is 16.2. The maximum atomic E-state index is 12.6. The first kappa shape index (κ1) is 18.1. The third-order valence-electron chi connectivity index (χ3n) is 3.30. The fraction of sp³-hybridized carbons (Fsp3) is 0.500. The van der Waals surface area contributed by atoms with E-state index in [-0.39, 0.29) is 10.5 Å². The molecule has 118 valence electrons. The van der Waals surface area contributed by atoms with Crippen LogP contribution in [0, 0.1) is 6.92 Å². The smallest absolute Gasteiger partial charge is 0.336 e. The molecule has 0 spiro atoms. The van der Waals surface area contributed by atoms with Crippen LogP contribution >= 0.6 is 15.9 Å². The van der Waals surface area contributed by atoms with Gasteiger partial charge in [-0.3, -0.25) is 0 Å². The van der Waals surface area contributed by atoms with Crippen molar-refractivity contribution < 1.29 is 18.3 Å². The van der Waals surface area contributed by atoms with Crippen LogP contribution in [0.3, 0.4) is 0 Å². The van der Waals surface area contributed by atoms with E-state index in [0.717, 1.165) is 12.8 Å². The van der Waals surface area contributed by atoms with Crippen LogP contribution in [0.1, 0.15) is 42.6 Å². The molecule has 0 aliphatic rings. The maximum absolute atomic E-state index is 12.6. The Morgan fingerprint density at radius 3 is 2.43 bits per heavy atom. The highest BCUT2D eigenvalue weighted by atomic mass is 79.9. The number of unbranched alkanes of at least 4 members (excludes halogenated alkanes) is 1. The lowest BCUT2D eigenvalue weighted by atomic mass is 10.1. The average Bonchev–Trinajstić information content (AvgIpc) is 2.41. The molecule has 0 fully saturated rings. The number of carboxylic acids is 1. The molecule has 7 heteroatoms. The molecule has 1 aromatic rings. The van der Waals surface area contributed by atoms with Crippen molar-refractivity contribution >= 4 is 31.9 Å². The number of hydrogen-bond acceptors (Lipinski definition) is 3. The van der Waals surface area contributed by atoms with Crippen molar-refractivity contribution in [2.24, 2.45) is 0 Å². The number of halogens is 1. The molecule has 0 amide bonds. The first-order valence-corrected chi connectivity index (χ1v) is 9.02. The lowest BCUT2D eigenvalue weighted by Gasteiger charge is -2.21. The van der Waals surface area contributed by atoms with E-state index in [2.05, 4.69) is 15.9 Å². The minimum absolute atomic E-state index is 0.00510. The number of sulfonamides is 1. The van der Waals surface area contributed by atoms with Gasteiger partial charge in [0.15, 0.2) is 0 Å². The molecule has 5 nitrogen and oxygen atoms in total. The number of benzene rings is 1. The first-order chi connectivity index (χ1) is 9.75. The summed E-state index contributed by atoms with van der Waals surface area (Å²) in [6, 6.07) is 2.69. The van der Waals surface area contributed by atoms with E-state index in [4.69, 9.17) is 0 Å². The van der Waals surface area contributed by atoms with Crippen molar-refractivity contribution in [1.82, 2.24) is 4.31 Å². The second-order valence-corrected chi connectivity index (χ2v) is 7.53. The summed E-state index contributed by atoms with van der Waals surface area (Å²) in [6.45, 7) is 6.19. The number of carboxylic acid groups (broad SMARTS) is 1. The highest BCUT2D eigenvalue weighted by Crippen LogP contribution is 2.27. The summed E-state index contributed by atoms with van der Waals surface area (Å²) in [7, 11) is -3.68. The molecular weight excluding hydrogens is 358 g/mol. The van der Waals surface area contributed by atoms with Gasteiger partial charge in [0.2, 0.25) is 10.0 Å². The number of rotatable bonds is 7. The highest BCUT2D eigenvalue weighted by Gasteiger charge is 2.25. The van der Waals surface area contributed by atoms with Crippen molar-refractivity contribution in [2.45, 2.75) is 38.5 Å². The van der Waals surface area contributed by atoms with Gasteiger partial charge in [-0.05, 0) is 31.0 Å². The third kappa shape index (κ3) is 4.05. The quantitative estimate of drug-likeness (QED) is 0.790. The second kappa shape index (κ2) is 7.38. The van der Waals surface area contributed by atoms with Crippen LogP contribution in [0.15, 0.2) is 21.5 Å². The average molecular weight is 378 g/mol. The van der Waals surface area contributed by atoms with E-state index in [0.29, 0.717) is 23.1 Å². The van der Waals surface area contributed by atoms with E-state index in [1.807, 2.05) is 6.92 Å². The molecule has 0 bridgehead atoms. The zero-order valence-electron chi connectivity index (χ0n) is 12.4. The number of nitrogens with zero attached hydrogens (tertiary/aromatic N) is 1. The summed E-state index contributed by atoms with van der Waals surface area (Å²) in [5.41, 5.74) is 0.507. The van der Waals surface area contributed by atoms with Crippen molar-refractivity contribution in [3.05, 3.63) is 27.7 Å². The van der Waals surface area contributed by atoms with Crippen LogP contribution in [0.2, 0.25) is 0 Å². The molecular formula is C14H20BrNO4S. The molecule has 0 saturated heterocycles. The van der Waals surface area contributed by atoms with Gasteiger partial charge in [-0.15, -0.1) is 0 Å². The van der Waals surface area contributed by atoms with Gasteiger partial charge in [-0.1, -0.05) is 36.2 Å². The van der Waals surface area contributed by atoms with Gasteiger partial charge < -0.3 is 5.11 Å². The molecule has 21 heavy (non-hydrogen) atoms. The predicted molar refractivity (Wildman–Crippen MR) is 85.2 cm³/mol. The Morgan fingerprint density at radius 2 is 1.95 bits per heavy atom. The Hall–Kier alpha value is -0.920. The molecule has 0 aliphatic carbocycles. The number of aromatic carboxylic acids is 1. The van der Waals surface area contributed by atoms with Gasteiger partial charge in [-0.2, -0.15) is 4.31 Å². The largest absolute Gasteiger partial charge is 0.478 e. The lowest BCUT2D eigenvalue weighted by molar-refractivity contribution is 0.0695. The van der Waals surface area contributed by atoms with Gasteiger partial charge in [-0.25, -0.2) is 13.2 Å². The van der Waals surface area contributed by atoms with Crippen molar-refractivity contribution in [3.63, 3.8) is 0 Å². The second-order valence-electron chi connectivity index (χ2n) is 4.73. The molecule has 1 aromatic carbocycles. The van der Waals surface area contributed by atoms with Crippen LogP contribution in [0.5, 0.6) is 0 Å². The summed E-state index contributed by atoms with van der Waals surface area (Å²) in [4.78, 5) is 11.2. The van der Waals surface area contributed by atoms with Crippen molar-refractivity contribution in [3.8, 4) is 0 Å². The molecule has 0 radical (unpaired) electrons. The Bertz CT molecular complexity index is 628. The molecule has 0 atom stereocenters. The summed E-state index contributed by atoms with van der Waals surface area (Å²) in [5, 5.41) is 9.19.